The van der Waals surface area contributed by atoms with Gasteiger partial charge in [0.15, 0.2) is 0 Å². The second-order valence-corrected chi connectivity index (χ2v) is 4.62. The molecule has 2 heteroatoms. The predicted octanol–water partition coefficient (Wildman–Crippen LogP) is 3.58. The van der Waals surface area contributed by atoms with E-state index in [0.717, 1.165) is 0 Å². The van der Waals surface area contributed by atoms with Gasteiger partial charge in [-0.05, 0) is 36.4 Å². The minimum absolute atomic E-state index is 0.532. The van der Waals surface area contributed by atoms with Crippen molar-refractivity contribution in [1.29, 1.82) is 5.26 Å². The van der Waals surface area contributed by atoms with Gasteiger partial charge in [0.25, 0.3) is 0 Å². The molecule has 0 spiro atoms. The monoisotopic (exact) mass is 201 g/mol. The van der Waals surface area contributed by atoms with E-state index in [1.807, 2.05) is 0 Å². The molecule has 2 rings (SSSR count). The first kappa shape index (κ1) is 9.23. The minimum Gasteiger partial charge on any atom is -0.198 e. The fraction of sp³-hybridized carbons (Fsp3) is 0.250. The summed E-state index contributed by atoms with van der Waals surface area (Å²) < 4.78 is 1.30. The third-order valence-electron chi connectivity index (χ3n) is 2.43. The number of nitriles is 1. The van der Waals surface area contributed by atoms with Crippen molar-refractivity contribution in [3.05, 3.63) is 34.2 Å². The van der Waals surface area contributed by atoms with E-state index in [1.165, 1.54) is 26.1 Å². The first-order chi connectivity index (χ1) is 6.72. The van der Waals surface area contributed by atoms with Gasteiger partial charge in [0.2, 0.25) is 0 Å². The molecule has 14 heavy (non-hydrogen) atoms. The molecule has 1 aromatic heterocycles. The molecule has 1 nitrogen and oxygen atoms in total. The Labute approximate surface area is 87.6 Å². The fourth-order valence-corrected chi connectivity index (χ4v) is 2.86. The average molecular weight is 201 g/mol. The number of nitrogens with zero attached hydrogens (tertiary/aromatic N) is 1. The zero-order valence-electron chi connectivity index (χ0n) is 8.29. The van der Waals surface area contributed by atoms with Crippen LogP contribution in [0, 0.1) is 25.2 Å². The molecule has 2 aromatic rings. The Bertz CT molecular complexity index is 517. The number of fused-ring (bicyclic) bond motifs is 1. The molecule has 70 valence electrons. The standard InChI is InChI=1S/C12H11NS/c1-8-3-4-10-9(2)11(5-6-13)14-12(10)7-8/h3-4,7H,5H2,1-2H3. The number of rotatable bonds is 1. The molecule has 0 amide bonds. The molecule has 0 aliphatic carbocycles. The number of hydrogen-bond acceptors (Lipinski definition) is 2. The van der Waals surface area contributed by atoms with Gasteiger partial charge >= 0.3 is 0 Å². The maximum Gasteiger partial charge on any atom is 0.0698 e. The first-order valence-electron chi connectivity index (χ1n) is 4.58. The van der Waals surface area contributed by atoms with Crippen LogP contribution in [-0.4, -0.2) is 0 Å². The normalized spacial score (nSPS) is 10.4. The Balaban J connectivity index is 2.68. The highest BCUT2D eigenvalue weighted by atomic mass is 32.1. The Kier molecular flexibility index (Phi) is 2.26. The van der Waals surface area contributed by atoms with E-state index in [2.05, 4.69) is 38.1 Å². The maximum atomic E-state index is 8.68. The molecule has 1 heterocycles. The lowest BCUT2D eigenvalue weighted by Crippen LogP contribution is -1.78. The predicted molar refractivity (Wildman–Crippen MR) is 60.6 cm³/mol. The van der Waals surface area contributed by atoms with E-state index < -0.39 is 0 Å². The highest BCUT2D eigenvalue weighted by Gasteiger charge is 2.07. The highest BCUT2D eigenvalue weighted by Crippen LogP contribution is 2.31. The van der Waals surface area contributed by atoms with Crippen molar-refractivity contribution in [1.82, 2.24) is 0 Å². The largest absolute Gasteiger partial charge is 0.198 e. The molecule has 0 saturated heterocycles. The van der Waals surface area contributed by atoms with E-state index in [0.29, 0.717) is 6.42 Å². The van der Waals surface area contributed by atoms with E-state index in [4.69, 9.17) is 5.26 Å². The zero-order valence-corrected chi connectivity index (χ0v) is 9.11. The van der Waals surface area contributed by atoms with Crippen LogP contribution in [0.15, 0.2) is 18.2 Å². The van der Waals surface area contributed by atoms with E-state index in [1.54, 1.807) is 11.3 Å². The average Bonchev–Trinajstić information content (AvgIpc) is 2.44. The summed E-state index contributed by atoms with van der Waals surface area (Å²) in [4.78, 5) is 1.20. The Morgan fingerprint density at radius 2 is 2.14 bits per heavy atom. The number of aryl methyl sites for hydroxylation is 2. The number of benzene rings is 1. The summed E-state index contributed by atoms with van der Waals surface area (Å²) in [5.41, 5.74) is 2.55. The molecule has 0 aliphatic rings. The third-order valence-corrected chi connectivity index (χ3v) is 3.69. The molecule has 0 aliphatic heterocycles. The molecule has 0 unspecified atom stereocenters. The molecule has 0 radical (unpaired) electrons. The third kappa shape index (κ3) is 1.40. The summed E-state index contributed by atoms with van der Waals surface area (Å²) in [5.74, 6) is 0. The SMILES string of the molecule is Cc1ccc2c(C)c(CC#N)sc2c1. The topological polar surface area (TPSA) is 23.8 Å². The molecule has 0 fully saturated rings. The molecule has 0 saturated carbocycles. The summed E-state index contributed by atoms with van der Waals surface area (Å²) in [6.07, 6.45) is 0.532. The van der Waals surface area contributed by atoms with Crippen LogP contribution in [0.4, 0.5) is 0 Å². The summed E-state index contributed by atoms with van der Waals surface area (Å²) >= 11 is 1.74. The summed E-state index contributed by atoms with van der Waals surface area (Å²) in [6.45, 7) is 4.19. The van der Waals surface area contributed by atoms with Crippen molar-refractivity contribution in [3.63, 3.8) is 0 Å². The highest BCUT2D eigenvalue weighted by molar-refractivity contribution is 7.19. The second kappa shape index (κ2) is 3.43. The fourth-order valence-electron chi connectivity index (χ4n) is 1.62. The first-order valence-corrected chi connectivity index (χ1v) is 5.39. The van der Waals surface area contributed by atoms with Gasteiger partial charge in [-0.2, -0.15) is 5.26 Å². The van der Waals surface area contributed by atoms with Gasteiger partial charge in [-0.25, -0.2) is 0 Å². The van der Waals surface area contributed by atoms with Gasteiger partial charge in [0.05, 0.1) is 12.5 Å². The van der Waals surface area contributed by atoms with Crippen LogP contribution in [0.2, 0.25) is 0 Å². The smallest absolute Gasteiger partial charge is 0.0698 e. The summed E-state index contributed by atoms with van der Waals surface area (Å²) in [6, 6.07) is 8.67. The molecular weight excluding hydrogens is 190 g/mol. The van der Waals surface area contributed by atoms with Crippen molar-refractivity contribution in [2.45, 2.75) is 20.3 Å². The molecule has 0 N–H and O–H groups in total. The van der Waals surface area contributed by atoms with Crippen LogP contribution < -0.4 is 0 Å². The molecular formula is C12H11NS. The van der Waals surface area contributed by atoms with Crippen molar-refractivity contribution in [3.8, 4) is 6.07 Å². The lowest BCUT2D eigenvalue weighted by atomic mass is 10.1. The summed E-state index contributed by atoms with van der Waals surface area (Å²) in [5, 5.41) is 9.98. The second-order valence-electron chi connectivity index (χ2n) is 3.48. The number of thiophene rings is 1. The molecule has 0 bridgehead atoms. The van der Waals surface area contributed by atoms with E-state index in [-0.39, 0.29) is 0 Å². The van der Waals surface area contributed by atoms with Gasteiger partial charge in [0.1, 0.15) is 0 Å². The van der Waals surface area contributed by atoms with Crippen LogP contribution >= 0.6 is 11.3 Å². The molecule has 0 atom stereocenters. The van der Waals surface area contributed by atoms with Crippen molar-refractivity contribution >= 4 is 21.4 Å². The van der Waals surface area contributed by atoms with Crippen LogP contribution in [-0.2, 0) is 6.42 Å². The maximum absolute atomic E-state index is 8.68. The van der Waals surface area contributed by atoms with Gasteiger partial charge in [0, 0.05) is 9.58 Å². The van der Waals surface area contributed by atoms with Gasteiger partial charge in [-0.1, -0.05) is 12.1 Å². The van der Waals surface area contributed by atoms with Crippen LogP contribution in [0.1, 0.15) is 16.0 Å². The minimum atomic E-state index is 0.532. The van der Waals surface area contributed by atoms with Crippen molar-refractivity contribution < 1.29 is 0 Å². The lowest BCUT2D eigenvalue weighted by Gasteiger charge is -1.93. The van der Waals surface area contributed by atoms with E-state index in [9.17, 15) is 0 Å². The Morgan fingerprint density at radius 1 is 1.36 bits per heavy atom. The zero-order chi connectivity index (χ0) is 10.1. The Hall–Kier alpha value is -1.33. The van der Waals surface area contributed by atoms with Gasteiger partial charge < -0.3 is 0 Å². The lowest BCUT2D eigenvalue weighted by molar-refractivity contribution is 1.28. The Morgan fingerprint density at radius 3 is 2.86 bits per heavy atom. The number of hydrogen-bond donors (Lipinski definition) is 0. The van der Waals surface area contributed by atoms with Gasteiger partial charge in [-0.3, -0.25) is 0 Å². The van der Waals surface area contributed by atoms with Crippen molar-refractivity contribution in [2.75, 3.05) is 0 Å². The summed E-state index contributed by atoms with van der Waals surface area (Å²) in [7, 11) is 0. The van der Waals surface area contributed by atoms with Crippen LogP contribution in [0.25, 0.3) is 10.1 Å². The van der Waals surface area contributed by atoms with Crippen LogP contribution in [0.5, 0.6) is 0 Å². The van der Waals surface area contributed by atoms with Crippen LogP contribution in [0.3, 0.4) is 0 Å². The quantitative estimate of drug-likeness (QED) is 0.691. The van der Waals surface area contributed by atoms with Gasteiger partial charge in [-0.15, -0.1) is 11.3 Å². The van der Waals surface area contributed by atoms with Crippen molar-refractivity contribution in [2.24, 2.45) is 0 Å². The molecule has 1 aromatic carbocycles. The van der Waals surface area contributed by atoms with E-state index >= 15 is 0 Å².